The number of aliphatic hydroxyl groups is 1. The third-order valence-corrected chi connectivity index (χ3v) is 14.8. The van der Waals surface area contributed by atoms with Gasteiger partial charge in [-0.1, -0.05) is 72.7 Å². The number of ether oxygens (including phenoxy) is 4. The van der Waals surface area contributed by atoms with E-state index >= 15 is 0 Å². The molecule has 1 aromatic carbocycles. The van der Waals surface area contributed by atoms with Gasteiger partial charge in [-0.05, 0) is 36.2 Å². The van der Waals surface area contributed by atoms with Crippen molar-refractivity contribution in [3.63, 3.8) is 0 Å². The van der Waals surface area contributed by atoms with E-state index in [0.29, 0.717) is 12.0 Å². The van der Waals surface area contributed by atoms with Crippen LogP contribution in [0.1, 0.15) is 78.1 Å². The summed E-state index contributed by atoms with van der Waals surface area (Å²) in [7, 11) is -0.527. The molecule has 43 heavy (non-hydrogen) atoms. The van der Waals surface area contributed by atoms with Crippen LogP contribution < -0.4 is 0 Å². The second-order valence-corrected chi connectivity index (χ2v) is 19.2. The molecule has 2 aliphatic heterocycles. The largest absolute Gasteiger partial charge is 0.458 e. The standard InChI is InChI=1S/C34H54O8Si/c1-12-22(2)26(42-43(10,11)32(4,5)6)20-27(38-9)29-30(36)33(7,8)34(41-29)21-28(23(3)25(40-34)18-19-35)39-31(37)24-16-14-13-15-17-24/h12-17,19,22-23,25-30,36H,1,18,20-21H2,2-11H3/t22-,23+,25-,26+,27-,28+,29+,30-,34+/m0/s1/i9+1. The van der Waals surface area contributed by atoms with Gasteiger partial charge in [0, 0.05) is 37.7 Å². The lowest BCUT2D eigenvalue weighted by atomic mass is 9.72. The molecule has 9 atom stereocenters. The molecule has 0 aromatic heterocycles. The summed E-state index contributed by atoms with van der Waals surface area (Å²) in [4.78, 5) is 24.8. The molecule has 2 fully saturated rings. The highest BCUT2D eigenvalue weighted by molar-refractivity contribution is 6.74. The first kappa shape index (κ1) is 35.6. The van der Waals surface area contributed by atoms with Crippen LogP contribution in [0, 0.1) is 17.3 Å². The van der Waals surface area contributed by atoms with Gasteiger partial charge in [0.25, 0.3) is 0 Å². The van der Waals surface area contributed by atoms with E-state index in [4.69, 9.17) is 23.4 Å². The monoisotopic (exact) mass is 619 g/mol. The molecule has 0 unspecified atom stereocenters. The number of aliphatic hydroxyl groups excluding tert-OH is 1. The number of hydrogen-bond acceptors (Lipinski definition) is 8. The highest BCUT2D eigenvalue weighted by atomic mass is 28.4. The lowest BCUT2D eigenvalue weighted by molar-refractivity contribution is -0.333. The molecule has 0 amide bonds. The molecule has 0 bridgehead atoms. The van der Waals surface area contributed by atoms with Gasteiger partial charge in [-0.25, -0.2) is 4.79 Å². The number of methoxy groups -OCH3 is 1. The van der Waals surface area contributed by atoms with E-state index in [2.05, 4.69) is 47.4 Å². The number of esters is 1. The maximum atomic E-state index is 13.1. The van der Waals surface area contributed by atoms with Crippen LogP contribution in [0.15, 0.2) is 43.0 Å². The summed E-state index contributed by atoms with van der Waals surface area (Å²) >= 11 is 0. The minimum absolute atomic E-state index is 0.0105. The van der Waals surface area contributed by atoms with E-state index in [-0.39, 0.29) is 35.8 Å². The van der Waals surface area contributed by atoms with Crippen molar-refractivity contribution >= 4 is 20.6 Å². The lowest BCUT2D eigenvalue weighted by Crippen LogP contribution is -2.58. The summed E-state index contributed by atoms with van der Waals surface area (Å²) in [5.41, 5.74) is -0.484. The van der Waals surface area contributed by atoms with Crippen molar-refractivity contribution in [3.05, 3.63) is 48.6 Å². The Morgan fingerprint density at radius 3 is 2.37 bits per heavy atom. The third-order valence-electron chi connectivity index (χ3n) is 10.3. The molecule has 1 spiro atoms. The van der Waals surface area contributed by atoms with Gasteiger partial charge in [-0.3, -0.25) is 0 Å². The molecular weight excluding hydrogens is 565 g/mol. The molecule has 2 saturated heterocycles. The van der Waals surface area contributed by atoms with Crippen molar-refractivity contribution in [2.75, 3.05) is 7.11 Å². The Labute approximate surface area is 259 Å². The molecule has 0 radical (unpaired) electrons. The van der Waals surface area contributed by atoms with Gasteiger partial charge in [0.05, 0.1) is 30.0 Å². The molecule has 0 aliphatic carbocycles. The molecular formula is C34H54O8Si. The Kier molecular flexibility index (Phi) is 11.3. The molecule has 2 aliphatic rings. The summed E-state index contributed by atoms with van der Waals surface area (Å²) in [6, 6.07) is 8.81. The zero-order chi connectivity index (χ0) is 32.4. The number of rotatable bonds is 12. The predicted octanol–water partition coefficient (Wildman–Crippen LogP) is 6.33. The van der Waals surface area contributed by atoms with E-state index in [1.807, 2.05) is 32.9 Å². The van der Waals surface area contributed by atoms with Crippen molar-refractivity contribution in [2.24, 2.45) is 17.3 Å². The van der Waals surface area contributed by atoms with E-state index in [1.165, 1.54) is 0 Å². The molecule has 242 valence electrons. The first-order chi connectivity index (χ1) is 19.9. The first-order valence-corrected chi connectivity index (χ1v) is 18.4. The zero-order valence-electron chi connectivity index (χ0n) is 27.8. The van der Waals surface area contributed by atoms with E-state index in [9.17, 15) is 14.7 Å². The van der Waals surface area contributed by atoms with Gasteiger partial charge in [-0.2, -0.15) is 0 Å². The number of aldehydes is 1. The fourth-order valence-corrected chi connectivity index (χ4v) is 7.31. The number of benzene rings is 1. The van der Waals surface area contributed by atoms with Crippen LogP contribution >= 0.6 is 0 Å². The topological polar surface area (TPSA) is 101 Å². The third kappa shape index (κ3) is 7.34. The Morgan fingerprint density at radius 1 is 1.21 bits per heavy atom. The van der Waals surface area contributed by atoms with E-state index < -0.39 is 56.0 Å². The van der Waals surface area contributed by atoms with Crippen LogP contribution in [-0.2, 0) is 28.2 Å². The van der Waals surface area contributed by atoms with Crippen molar-refractivity contribution < 1.29 is 38.1 Å². The van der Waals surface area contributed by atoms with E-state index in [0.717, 1.165) is 6.29 Å². The van der Waals surface area contributed by atoms with Crippen LogP contribution in [0.5, 0.6) is 0 Å². The fourth-order valence-electron chi connectivity index (χ4n) is 5.89. The summed E-state index contributed by atoms with van der Waals surface area (Å²) < 4.78 is 32.3. The molecule has 9 heteroatoms. The van der Waals surface area contributed by atoms with Crippen LogP contribution in [0.3, 0.4) is 0 Å². The summed E-state index contributed by atoms with van der Waals surface area (Å²) in [6.07, 6.45) is -0.135. The summed E-state index contributed by atoms with van der Waals surface area (Å²) in [5.74, 6) is -2.01. The van der Waals surface area contributed by atoms with Gasteiger partial charge in [0.2, 0.25) is 0 Å². The summed E-state index contributed by atoms with van der Waals surface area (Å²) in [5, 5.41) is 11.8. The minimum atomic E-state index is -2.14. The van der Waals surface area contributed by atoms with Crippen molar-refractivity contribution in [1.29, 1.82) is 0 Å². The number of carbonyl (C=O) groups excluding carboxylic acids is 2. The summed E-state index contributed by atoms with van der Waals surface area (Å²) in [6.45, 7) is 22.9. The van der Waals surface area contributed by atoms with E-state index in [1.54, 1.807) is 31.4 Å². The lowest BCUT2D eigenvalue weighted by Gasteiger charge is -2.50. The highest BCUT2D eigenvalue weighted by Crippen LogP contribution is 2.55. The highest BCUT2D eigenvalue weighted by Gasteiger charge is 2.66. The smallest absolute Gasteiger partial charge is 0.338 e. The number of hydrogen-bond donors (Lipinski definition) is 1. The van der Waals surface area contributed by atoms with Gasteiger partial charge in [0.1, 0.15) is 18.5 Å². The second kappa shape index (κ2) is 13.6. The Balaban J connectivity index is 1.93. The van der Waals surface area contributed by atoms with Gasteiger partial charge in [-0.15, -0.1) is 6.58 Å². The SMILES string of the molecule is C=C[C@H](C)[C@@H](C[C@H](O[13CH3])[C@H]1O[C@]2(C[C@@H](OC(=O)c3ccccc3)[C@H](C)[C@H](CC=O)O2)C(C)(C)[C@H]1O)O[Si](C)(C)C(C)(C)C. The Morgan fingerprint density at radius 2 is 1.84 bits per heavy atom. The van der Waals surface area contributed by atoms with Crippen molar-refractivity contribution in [1.82, 2.24) is 0 Å². The molecule has 8 nitrogen and oxygen atoms in total. The molecule has 2 heterocycles. The molecule has 3 rings (SSSR count). The molecule has 1 N–H and O–H groups in total. The Hall–Kier alpha value is -1.88. The quantitative estimate of drug-likeness (QED) is 0.0953. The average molecular weight is 620 g/mol. The second-order valence-electron chi connectivity index (χ2n) is 14.5. The maximum Gasteiger partial charge on any atom is 0.338 e. The van der Waals surface area contributed by atoms with Gasteiger partial charge < -0.3 is 33.3 Å². The molecule has 1 aromatic rings. The first-order valence-electron chi connectivity index (χ1n) is 15.5. The van der Waals surface area contributed by atoms with Crippen LogP contribution in [-0.4, -0.2) is 75.2 Å². The van der Waals surface area contributed by atoms with Crippen molar-refractivity contribution in [2.45, 2.75) is 128 Å². The molecule has 0 saturated carbocycles. The van der Waals surface area contributed by atoms with Gasteiger partial charge in [0.15, 0.2) is 14.1 Å². The van der Waals surface area contributed by atoms with Crippen LogP contribution in [0.25, 0.3) is 0 Å². The average Bonchev–Trinajstić information content (AvgIpc) is 3.13. The maximum absolute atomic E-state index is 13.1. The number of carbonyl (C=O) groups is 2. The van der Waals surface area contributed by atoms with Crippen molar-refractivity contribution in [3.8, 4) is 0 Å². The predicted molar refractivity (Wildman–Crippen MR) is 169 cm³/mol. The fraction of sp³-hybridized carbons (Fsp3) is 0.706. The normalized spacial score (nSPS) is 31.3. The van der Waals surface area contributed by atoms with Gasteiger partial charge >= 0.3 is 5.97 Å². The van der Waals surface area contributed by atoms with Crippen LogP contribution in [0.4, 0.5) is 0 Å². The minimum Gasteiger partial charge on any atom is -0.458 e. The van der Waals surface area contributed by atoms with Crippen LogP contribution in [0.2, 0.25) is 18.1 Å². The Bertz CT molecular complexity index is 1100. The zero-order valence-corrected chi connectivity index (χ0v) is 28.8.